The van der Waals surface area contributed by atoms with E-state index >= 15 is 0 Å². The summed E-state index contributed by atoms with van der Waals surface area (Å²) in [7, 11) is 0. The molecule has 1 saturated heterocycles. The molecule has 1 fully saturated rings. The summed E-state index contributed by atoms with van der Waals surface area (Å²) in [5, 5.41) is 18.0. The molecule has 8 heteroatoms. The number of nitro groups is 1. The fourth-order valence-corrected chi connectivity index (χ4v) is 2.69. The normalized spacial score (nSPS) is 15.5. The van der Waals surface area contributed by atoms with Crippen molar-refractivity contribution in [2.24, 2.45) is 0 Å². The average Bonchev–Trinajstić information content (AvgIpc) is 3.02. The third kappa shape index (κ3) is 4.26. The molecule has 1 aliphatic heterocycles. The van der Waals surface area contributed by atoms with Crippen molar-refractivity contribution >= 4 is 17.2 Å². The molecule has 0 spiro atoms. The number of anilines is 2. The van der Waals surface area contributed by atoms with E-state index < -0.39 is 4.92 Å². The van der Waals surface area contributed by atoms with Crippen LogP contribution in [0, 0.1) is 10.1 Å². The van der Waals surface area contributed by atoms with Crippen molar-refractivity contribution in [3.63, 3.8) is 0 Å². The van der Waals surface area contributed by atoms with Gasteiger partial charge in [-0.25, -0.2) is 4.98 Å². The van der Waals surface area contributed by atoms with E-state index in [-0.39, 0.29) is 5.69 Å². The number of pyridine rings is 1. The predicted molar refractivity (Wildman–Crippen MR) is 86.7 cm³/mol. The van der Waals surface area contributed by atoms with E-state index in [0.717, 1.165) is 18.8 Å². The van der Waals surface area contributed by atoms with Gasteiger partial charge in [-0.3, -0.25) is 14.8 Å². The van der Waals surface area contributed by atoms with Crippen LogP contribution in [0.4, 0.5) is 17.2 Å². The lowest BCUT2D eigenvalue weighted by Gasteiger charge is -2.26. The quantitative estimate of drug-likeness (QED) is 0.650. The molecule has 0 atom stereocenters. The third-order valence-corrected chi connectivity index (χ3v) is 3.96. The van der Waals surface area contributed by atoms with E-state index in [1.54, 1.807) is 12.3 Å². The van der Waals surface area contributed by atoms with Gasteiger partial charge in [0.2, 0.25) is 0 Å². The lowest BCUT2D eigenvalue weighted by Crippen LogP contribution is -2.32. The number of rotatable bonds is 6. The molecule has 3 rings (SSSR count). The Kier molecular flexibility index (Phi) is 4.82. The minimum Gasteiger partial charge on any atom is -0.338 e. The third-order valence-electron chi connectivity index (χ3n) is 3.96. The molecule has 8 nitrogen and oxygen atoms in total. The fourth-order valence-electron chi connectivity index (χ4n) is 2.69. The highest BCUT2D eigenvalue weighted by Crippen LogP contribution is 2.16. The summed E-state index contributed by atoms with van der Waals surface area (Å²) in [6.07, 6.45) is 8.82. The van der Waals surface area contributed by atoms with Gasteiger partial charge in [0, 0.05) is 18.8 Å². The van der Waals surface area contributed by atoms with Crippen molar-refractivity contribution in [3.8, 4) is 0 Å². The van der Waals surface area contributed by atoms with Gasteiger partial charge < -0.3 is 10.2 Å². The highest BCUT2D eigenvalue weighted by molar-refractivity contribution is 5.54. The zero-order chi connectivity index (χ0) is 16.1. The van der Waals surface area contributed by atoms with Crippen LogP contribution in [0.15, 0.2) is 30.7 Å². The van der Waals surface area contributed by atoms with Crippen LogP contribution in [0.5, 0.6) is 0 Å². The van der Waals surface area contributed by atoms with E-state index in [4.69, 9.17) is 0 Å². The summed E-state index contributed by atoms with van der Waals surface area (Å²) < 4.78 is 1.91. The summed E-state index contributed by atoms with van der Waals surface area (Å²) in [5.41, 5.74) is 0.803. The largest absolute Gasteiger partial charge is 0.338 e. The second kappa shape index (κ2) is 7.19. The summed E-state index contributed by atoms with van der Waals surface area (Å²) >= 11 is 0. The molecule has 2 aromatic heterocycles. The maximum absolute atomic E-state index is 10.6. The van der Waals surface area contributed by atoms with Crippen LogP contribution in [0.3, 0.4) is 0 Å². The number of aromatic nitrogens is 3. The maximum Gasteiger partial charge on any atom is 0.287 e. The van der Waals surface area contributed by atoms with Crippen molar-refractivity contribution in [2.75, 3.05) is 25.0 Å². The number of piperidine rings is 1. The van der Waals surface area contributed by atoms with Crippen LogP contribution >= 0.6 is 0 Å². The molecule has 0 radical (unpaired) electrons. The zero-order valence-electron chi connectivity index (χ0n) is 12.9. The van der Waals surface area contributed by atoms with Crippen molar-refractivity contribution < 1.29 is 4.92 Å². The van der Waals surface area contributed by atoms with E-state index in [1.807, 2.05) is 10.9 Å². The summed E-state index contributed by atoms with van der Waals surface area (Å²) in [4.78, 5) is 16.6. The molecule has 3 heterocycles. The SMILES string of the molecule is O=[N+]([O-])c1ccc(Nc2cnn(CCN3CCCCC3)c2)nc1. The van der Waals surface area contributed by atoms with Gasteiger partial charge in [0.15, 0.2) is 0 Å². The number of hydrogen-bond acceptors (Lipinski definition) is 6. The first-order valence-electron chi connectivity index (χ1n) is 7.83. The molecule has 0 saturated carbocycles. The molecule has 1 aliphatic rings. The second-order valence-electron chi connectivity index (χ2n) is 5.68. The van der Waals surface area contributed by atoms with Crippen LogP contribution in [0.2, 0.25) is 0 Å². The van der Waals surface area contributed by atoms with Gasteiger partial charge in [-0.2, -0.15) is 5.10 Å². The number of nitrogens with one attached hydrogen (secondary N) is 1. The average molecular weight is 316 g/mol. The molecule has 0 aliphatic carbocycles. The van der Waals surface area contributed by atoms with E-state index in [2.05, 4.69) is 20.3 Å². The Bertz CT molecular complexity index is 648. The van der Waals surface area contributed by atoms with Gasteiger partial charge in [0.05, 0.1) is 23.4 Å². The van der Waals surface area contributed by atoms with Crippen molar-refractivity contribution in [1.82, 2.24) is 19.7 Å². The fraction of sp³-hybridized carbons (Fsp3) is 0.467. The Balaban J connectivity index is 1.53. The van der Waals surface area contributed by atoms with Crippen molar-refractivity contribution in [1.29, 1.82) is 0 Å². The minimum absolute atomic E-state index is 0.0206. The maximum atomic E-state index is 10.6. The van der Waals surface area contributed by atoms with Crippen LogP contribution in [-0.4, -0.2) is 44.2 Å². The minimum atomic E-state index is -0.463. The van der Waals surface area contributed by atoms with Crippen molar-refractivity contribution in [2.45, 2.75) is 25.8 Å². The standard InChI is InChI=1S/C15H20N6O2/c22-21(23)14-4-5-15(16-11-14)18-13-10-17-20(12-13)9-8-19-6-2-1-3-7-19/h4-5,10-12H,1-3,6-9H2,(H,16,18). The molecule has 2 aromatic rings. The number of hydrogen-bond donors (Lipinski definition) is 1. The summed E-state index contributed by atoms with van der Waals surface area (Å²) in [5.74, 6) is 0.561. The van der Waals surface area contributed by atoms with Crippen LogP contribution in [0.25, 0.3) is 0 Å². The topological polar surface area (TPSA) is 89.1 Å². The molecular weight excluding hydrogens is 296 g/mol. The Morgan fingerprint density at radius 1 is 1.17 bits per heavy atom. The first kappa shape index (κ1) is 15.4. The molecule has 0 unspecified atom stereocenters. The van der Waals surface area contributed by atoms with Crippen molar-refractivity contribution in [3.05, 3.63) is 40.8 Å². The molecule has 0 bridgehead atoms. The van der Waals surface area contributed by atoms with Gasteiger partial charge in [-0.15, -0.1) is 0 Å². The predicted octanol–water partition coefficient (Wildman–Crippen LogP) is 2.42. The van der Waals surface area contributed by atoms with Crippen LogP contribution in [-0.2, 0) is 6.54 Å². The molecule has 122 valence electrons. The van der Waals surface area contributed by atoms with Crippen LogP contribution < -0.4 is 5.32 Å². The lowest BCUT2D eigenvalue weighted by molar-refractivity contribution is -0.385. The summed E-state index contributed by atoms with van der Waals surface area (Å²) in [6, 6.07) is 3.01. The molecule has 0 amide bonds. The zero-order valence-corrected chi connectivity index (χ0v) is 12.9. The highest BCUT2D eigenvalue weighted by atomic mass is 16.6. The Morgan fingerprint density at radius 3 is 2.70 bits per heavy atom. The lowest BCUT2D eigenvalue weighted by atomic mass is 10.1. The smallest absolute Gasteiger partial charge is 0.287 e. The highest BCUT2D eigenvalue weighted by Gasteiger charge is 2.10. The Labute approximate surface area is 134 Å². The Morgan fingerprint density at radius 2 is 2.00 bits per heavy atom. The van der Waals surface area contributed by atoms with Gasteiger partial charge in [-0.05, 0) is 32.0 Å². The van der Waals surface area contributed by atoms with Gasteiger partial charge >= 0.3 is 0 Å². The first-order valence-corrected chi connectivity index (χ1v) is 7.83. The number of likely N-dealkylation sites (tertiary alicyclic amines) is 1. The van der Waals surface area contributed by atoms with E-state index in [1.165, 1.54) is 44.6 Å². The molecule has 1 N–H and O–H groups in total. The monoisotopic (exact) mass is 316 g/mol. The van der Waals surface area contributed by atoms with Gasteiger partial charge in [-0.1, -0.05) is 6.42 Å². The van der Waals surface area contributed by atoms with E-state index in [9.17, 15) is 10.1 Å². The molecular formula is C15H20N6O2. The molecule has 0 aromatic carbocycles. The van der Waals surface area contributed by atoms with E-state index in [0.29, 0.717) is 5.82 Å². The van der Waals surface area contributed by atoms with Crippen LogP contribution in [0.1, 0.15) is 19.3 Å². The number of nitrogens with zero attached hydrogens (tertiary/aromatic N) is 5. The second-order valence-corrected chi connectivity index (χ2v) is 5.68. The van der Waals surface area contributed by atoms with Gasteiger partial charge in [0.1, 0.15) is 12.0 Å². The first-order chi connectivity index (χ1) is 11.2. The molecule has 23 heavy (non-hydrogen) atoms. The summed E-state index contributed by atoms with van der Waals surface area (Å²) in [6.45, 7) is 4.23. The van der Waals surface area contributed by atoms with Gasteiger partial charge in [0.25, 0.3) is 5.69 Å². The Hall–Kier alpha value is -2.48.